The summed E-state index contributed by atoms with van der Waals surface area (Å²) in [5.74, 6) is 0. The standard InChI is InChI=1S/C15H21ClN2O2/c1-2-7-17-8-10-18(11-9-17)15(19)20-12-13-5-3-4-6-14(13)16/h3-6H,2,7-12H2,1H3. The fourth-order valence-corrected chi connectivity index (χ4v) is 2.51. The van der Waals surface area contributed by atoms with Gasteiger partial charge in [-0.15, -0.1) is 0 Å². The molecule has 0 spiro atoms. The first-order valence-electron chi connectivity index (χ1n) is 7.08. The maximum absolute atomic E-state index is 12.0. The molecule has 1 aromatic carbocycles. The second-order valence-corrected chi connectivity index (χ2v) is 5.38. The number of benzene rings is 1. The van der Waals surface area contributed by atoms with Crippen LogP contribution in [0.5, 0.6) is 0 Å². The Hall–Kier alpha value is -1.26. The fourth-order valence-electron chi connectivity index (χ4n) is 2.32. The van der Waals surface area contributed by atoms with Gasteiger partial charge >= 0.3 is 6.09 Å². The predicted molar refractivity (Wildman–Crippen MR) is 79.9 cm³/mol. The third kappa shape index (κ3) is 4.12. The smallest absolute Gasteiger partial charge is 0.410 e. The zero-order valence-electron chi connectivity index (χ0n) is 11.8. The van der Waals surface area contributed by atoms with Gasteiger partial charge in [-0.2, -0.15) is 0 Å². The number of hydrogen-bond acceptors (Lipinski definition) is 3. The van der Waals surface area contributed by atoms with Crippen molar-refractivity contribution in [1.29, 1.82) is 0 Å². The van der Waals surface area contributed by atoms with Gasteiger partial charge in [-0.25, -0.2) is 4.79 Å². The Bertz CT molecular complexity index is 445. The van der Waals surface area contributed by atoms with Gasteiger partial charge < -0.3 is 9.64 Å². The van der Waals surface area contributed by atoms with Crippen LogP contribution < -0.4 is 0 Å². The first-order valence-corrected chi connectivity index (χ1v) is 7.46. The molecule has 20 heavy (non-hydrogen) atoms. The highest BCUT2D eigenvalue weighted by Gasteiger charge is 2.21. The van der Waals surface area contributed by atoms with Crippen molar-refractivity contribution in [2.75, 3.05) is 32.7 Å². The number of ether oxygens (including phenoxy) is 1. The Labute approximate surface area is 125 Å². The molecule has 110 valence electrons. The molecular weight excluding hydrogens is 276 g/mol. The number of amides is 1. The van der Waals surface area contributed by atoms with E-state index in [1.54, 1.807) is 11.0 Å². The van der Waals surface area contributed by atoms with E-state index in [1.165, 1.54) is 0 Å². The highest BCUT2D eigenvalue weighted by atomic mass is 35.5. The highest BCUT2D eigenvalue weighted by Crippen LogP contribution is 2.16. The molecule has 1 amide bonds. The van der Waals surface area contributed by atoms with Gasteiger partial charge in [0.05, 0.1) is 0 Å². The molecule has 0 bridgehead atoms. The Morgan fingerprint density at radius 2 is 1.95 bits per heavy atom. The summed E-state index contributed by atoms with van der Waals surface area (Å²) in [6, 6.07) is 7.42. The molecule has 1 saturated heterocycles. The summed E-state index contributed by atoms with van der Waals surface area (Å²) in [5.41, 5.74) is 0.840. The van der Waals surface area contributed by atoms with Gasteiger partial charge in [0.1, 0.15) is 6.61 Å². The summed E-state index contributed by atoms with van der Waals surface area (Å²) in [4.78, 5) is 16.1. The van der Waals surface area contributed by atoms with Crippen molar-refractivity contribution in [1.82, 2.24) is 9.80 Å². The number of nitrogens with zero attached hydrogens (tertiary/aromatic N) is 2. The van der Waals surface area contributed by atoms with Crippen molar-refractivity contribution < 1.29 is 9.53 Å². The van der Waals surface area contributed by atoms with Crippen LogP contribution in [0.1, 0.15) is 18.9 Å². The lowest BCUT2D eigenvalue weighted by molar-refractivity contribution is 0.0717. The van der Waals surface area contributed by atoms with Crippen molar-refractivity contribution in [2.45, 2.75) is 20.0 Å². The van der Waals surface area contributed by atoms with E-state index in [4.69, 9.17) is 16.3 Å². The number of piperazine rings is 1. The SMILES string of the molecule is CCCN1CCN(C(=O)OCc2ccccc2Cl)CC1. The van der Waals surface area contributed by atoms with Crippen molar-refractivity contribution >= 4 is 17.7 Å². The van der Waals surface area contributed by atoms with Crippen LogP contribution >= 0.6 is 11.6 Å². The van der Waals surface area contributed by atoms with Crippen LogP contribution in [0.4, 0.5) is 4.79 Å². The number of carbonyl (C=O) groups excluding carboxylic acids is 1. The van der Waals surface area contributed by atoms with Gasteiger partial charge in [0, 0.05) is 36.8 Å². The third-order valence-corrected chi connectivity index (χ3v) is 3.85. The molecule has 2 rings (SSSR count). The van der Waals surface area contributed by atoms with Crippen LogP contribution in [-0.2, 0) is 11.3 Å². The highest BCUT2D eigenvalue weighted by molar-refractivity contribution is 6.31. The van der Waals surface area contributed by atoms with Gasteiger partial charge in [-0.05, 0) is 19.0 Å². The van der Waals surface area contributed by atoms with Gasteiger partial charge in [0.15, 0.2) is 0 Å². The zero-order chi connectivity index (χ0) is 14.4. The number of carbonyl (C=O) groups is 1. The summed E-state index contributed by atoms with van der Waals surface area (Å²) < 4.78 is 5.33. The summed E-state index contributed by atoms with van der Waals surface area (Å²) in [5, 5.41) is 0.632. The van der Waals surface area contributed by atoms with Crippen LogP contribution in [-0.4, -0.2) is 48.6 Å². The summed E-state index contributed by atoms with van der Waals surface area (Å²) in [7, 11) is 0. The second kappa shape index (κ2) is 7.50. The fraction of sp³-hybridized carbons (Fsp3) is 0.533. The first-order chi connectivity index (χ1) is 9.70. The lowest BCUT2D eigenvalue weighted by Crippen LogP contribution is -2.48. The molecule has 1 aliphatic rings. The molecule has 0 radical (unpaired) electrons. The molecule has 0 atom stereocenters. The molecule has 1 fully saturated rings. The molecule has 5 heteroatoms. The Kier molecular flexibility index (Phi) is 5.68. The van der Waals surface area contributed by atoms with E-state index in [9.17, 15) is 4.79 Å². The Morgan fingerprint density at radius 1 is 1.25 bits per heavy atom. The lowest BCUT2D eigenvalue weighted by atomic mass is 10.2. The number of rotatable bonds is 4. The minimum Gasteiger partial charge on any atom is -0.444 e. The lowest BCUT2D eigenvalue weighted by Gasteiger charge is -2.33. The first kappa shape index (κ1) is 15.1. The van der Waals surface area contributed by atoms with Gasteiger partial charge in [-0.3, -0.25) is 4.90 Å². The van der Waals surface area contributed by atoms with E-state index in [0.29, 0.717) is 5.02 Å². The average molecular weight is 297 g/mol. The van der Waals surface area contributed by atoms with Crippen molar-refractivity contribution in [3.05, 3.63) is 34.9 Å². The van der Waals surface area contributed by atoms with E-state index >= 15 is 0 Å². The van der Waals surface area contributed by atoms with E-state index in [1.807, 2.05) is 18.2 Å². The summed E-state index contributed by atoms with van der Waals surface area (Å²) in [6.07, 6.45) is 0.901. The second-order valence-electron chi connectivity index (χ2n) is 4.97. The maximum Gasteiger partial charge on any atom is 0.410 e. The summed E-state index contributed by atoms with van der Waals surface area (Å²) in [6.45, 7) is 6.83. The van der Waals surface area contributed by atoms with Crippen LogP contribution in [0.3, 0.4) is 0 Å². The topological polar surface area (TPSA) is 32.8 Å². The molecule has 0 saturated carbocycles. The van der Waals surface area contributed by atoms with Crippen molar-refractivity contribution in [3.63, 3.8) is 0 Å². The monoisotopic (exact) mass is 296 g/mol. The van der Waals surface area contributed by atoms with Crippen molar-refractivity contribution in [2.24, 2.45) is 0 Å². The molecule has 1 aliphatic heterocycles. The predicted octanol–water partition coefficient (Wildman–Crippen LogP) is 3.00. The Balaban J connectivity index is 1.77. The van der Waals surface area contributed by atoms with Crippen LogP contribution in [0.25, 0.3) is 0 Å². The largest absolute Gasteiger partial charge is 0.444 e. The van der Waals surface area contributed by atoms with Gasteiger partial charge in [0.25, 0.3) is 0 Å². The van der Waals surface area contributed by atoms with Gasteiger partial charge in [0.2, 0.25) is 0 Å². The molecule has 0 aliphatic carbocycles. The number of halogens is 1. The zero-order valence-corrected chi connectivity index (χ0v) is 12.6. The van der Waals surface area contributed by atoms with Crippen LogP contribution in [0, 0.1) is 0 Å². The molecule has 0 aromatic heterocycles. The van der Waals surface area contributed by atoms with Crippen LogP contribution in [0.2, 0.25) is 5.02 Å². The Morgan fingerprint density at radius 3 is 2.60 bits per heavy atom. The number of hydrogen-bond donors (Lipinski definition) is 0. The van der Waals surface area contributed by atoms with E-state index < -0.39 is 0 Å². The molecule has 0 unspecified atom stereocenters. The minimum atomic E-state index is -0.249. The molecule has 1 aromatic rings. The van der Waals surface area contributed by atoms with E-state index in [0.717, 1.165) is 44.7 Å². The van der Waals surface area contributed by atoms with Gasteiger partial charge in [-0.1, -0.05) is 36.7 Å². The van der Waals surface area contributed by atoms with Crippen molar-refractivity contribution in [3.8, 4) is 0 Å². The minimum absolute atomic E-state index is 0.230. The third-order valence-electron chi connectivity index (χ3n) is 3.48. The van der Waals surface area contributed by atoms with E-state index in [2.05, 4.69) is 11.8 Å². The molecule has 0 N–H and O–H groups in total. The molecular formula is C15H21ClN2O2. The molecule has 4 nitrogen and oxygen atoms in total. The quantitative estimate of drug-likeness (QED) is 0.856. The van der Waals surface area contributed by atoms with Crippen LogP contribution in [0.15, 0.2) is 24.3 Å². The molecule has 1 heterocycles. The van der Waals surface area contributed by atoms with E-state index in [-0.39, 0.29) is 12.7 Å². The summed E-state index contributed by atoms with van der Waals surface area (Å²) >= 11 is 6.04. The average Bonchev–Trinajstić information content (AvgIpc) is 2.47. The normalized spacial score (nSPS) is 16.2. The maximum atomic E-state index is 12.0.